The number of guanidine groups is 1. The van der Waals surface area contributed by atoms with Crippen molar-refractivity contribution >= 4 is 11.6 Å². The maximum absolute atomic E-state index is 5.98. The van der Waals surface area contributed by atoms with Gasteiger partial charge in [0.25, 0.3) is 0 Å². The van der Waals surface area contributed by atoms with Crippen molar-refractivity contribution in [2.75, 3.05) is 44.2 Å². The lowest BCUT2D eigenvalue weighted by Gasteiger charge is -2.34. The van der Waals surface area contributed by atoms with Crippen molar-refractivity contribution in [3.8, 4) is 0 Å². The highest BCUT2D eigenvalue weighted by atomic mass is 16.5. The fourth-order valence-corrected chi connectivity index (χ4v) is 3.78. The van der Waals surface area contributed by atoms with E-state index in [2.05, 4.69) is 63.6 Å². The number of aryl methyl sites for hydroxylation is 1. The van der Waals surface area contributed by atoms with Crippen molar-refractivity contribution in [3.05, 3.63) is 59.9 Å². The molecule has 1 fully saturated rings. The van der Waals surface area contributed by atoms with E-state index in [0.29, 0.717) is 13.2 Å². The van der Waals surface area contributed by atoms with Crippen molar-refractivity contribution in [1.29, 1.82) is 0 Å². The lowest BCUT2D eigenvalue weighted by Crippen LogP contribution is -2.48. The molecule has 0 radical (unpaired) electrons. The predicted molar refractivity (Wildman–Crippen MR) is 116 cm³/mol. The first-order valence-corrected chi connectivity index (χ1v) is 10.3. The summed E-state index contributed by atoms with van der Waals surface area (Å²) in [5, 5.41) is 7.73. The van der Waals surface area contributed by atoms with E-state index in [-0.39, 0.29) is 6.10 Å². The Morgan fingerprint density at radius 1 is 1.31 bits per heavy atom. The molecule has 2 aliphatic heterocycles. The quantitative estimate of drug-likeness (QED) is 0.479. The summed E-state index contributed by atoms with van der Waals surface area (Å²) in [4.78, 5) is 9.58. The van der Waals surface area contributed by atoms with Crippen LogP contribution in [0.5, 0.6) is 0 Å². The number of ether oxygens (including phenoxy) is 1. The summed E-state index contributed by atoms with van der Waals surface area (Å²) in [5.74, 6) is 0.943. The molecule has 2 aliphatic rings. The average molecular weight is 395 g/mol. The van der Waals surface area contributed by atoms with Crippen LogP contribution < -0.4 is 10.2 Å². The highest BCUT2D eigenvalue weighted by Gasteiger charge is 2.25. The summed E-state index contributed by atoms with van der Waals surface area (Å²) in [6.07, 6.45) is 8.36. The maximum Gasteiger partial charge on any atom is 0.194 e. The smallest absolute Gasteiger partial charge is 0.194 e. The molecule has 1 N–H and O–H groups in total. The summed E-state index contributed by atoms with van der Waals surface area (Å²) in [6, 6.07) is 8.69. The van der Waals surface area contributed by atoms with Crippen LogP contribution in [0.2, 0.25) is 0 Å². The molecule has 1 aromatic heterocycles. The van der Waals surface area contributed by atoms with Crippen molar-refractivity contribution < 1.29 is 4.74 Å². The molecular formula is C22H30N6O. The molecule has 154 valence electrons. The molecule has 1 saturated heterocycles. The molecular weight excluding hydrogens is 364 g/mol. The van der Waals surface area contributed by atoms with Gasteiger partial charge >= 0.3 is 0 Å². The van der Waals surface area contributed by atoms with Gasteiger partial charge in [-0.3, -0.25) is 4.68 Å². The van der Waals surface area contributed by atoms with Crippen LogP contribution in [0, 0.1) is 0 Å². The summed E-state index contributed by atoms with van der Waals surface area (Å²) in [7, 11) is 1.93. The molecule has 0 saturated carbocycles. The maximum atomic E-state index is 5.98. The molecule has 3 heterocycles. The first-order valence-electron chi connectivity index (χ1n) is 10.3. The predicted octanol–water partition coefficient (Wildman–Crippen LogP) is 2.34. The van der Waals surface area contributed by atoms with Crippen molar-refractivity contribution in [2.45, 2.75) is 19.6 Å². The summed E-state index contributed by atoms with van der Waals surface area (Å²) in [6.45, 7) is 7.87. The number of rotatable bonds is 5. The van der Waals surface area contributed by atoms with E-state index in [0.717, 1.165) is 44.2 Å². The van der Waals surface area contributed by atoms with Crippen LogP contribution in [0.15, 0.2) is 53.8 Å². The van der Waals surface area contributed by atoms with Gasteiger partial charge in [-0.15, -0.1) is 0 Å². The van der Waals surface area contributed by atoms with Gasteiger partial charge in [0.15, 0.2) is 5.96 Å². The zero-order chi connectivity index (χ0) is 20.1. The number of morpholine rings is 1. The van der Waals surface area contributed by atoms with Crippen molar-refractivity contribution in [3.63, 3.8) is 0 Å². The Balaban J connectivity index is 1.45. The largest absolute Gasteiger partial charge is 0.370 e. The molecule has 1 unspecified atom stereocenters. The number of anilines is 1. The topological polar surface area (TPSA) is 57.9 Å². The van der Waals surface area contributed by atoms with Crippen LogP contribution in [0.3, 0.4) is 0 Å². The highest BCUT2D eigenvalue weighted by molar-refractivity contribution is 5.80. The first-order chi connectivity index (χ1) is 14.2. The molecule has 0 aliphatic carbocycles. The second-order valence-corrected chi connectivity index (χ2v) is 7.47. The fraction of sp³-hybridized carbons (Fsp3) is 0.455. The Morgan fingerprint density at radius 2 is 2.17 bits per heavy atom. The normalized spacial score (nSPS) is 19.8. The molecule has 1 aromatic carbocycles. The zero-order valence-corrected chi connectivity index (χ0v) is 17.3. The molecule has 4 rings (SSSR count). The Morgan fingerprint density at radius 3 is 2.93 bits per heavy atom. The van der Waals surface area contributed by atoms with E-state index >= 15 is 0 Å². The lowest BCUT2D eigenvalue weighted by molar-refractivity contribution is -0.00805. The van der Waals surface area contributed by atoms with E-state index in [1.807, 2.05) is 24.1 Å². The third-order valence-electron chi connectivity index (χ3n) is 5.30. The number of hydrogen-bond acceptors (Lipinski definition) is 4. The Kier molecular flexibility index (Phi) is 6.14. The molecule has 0 spiro atoms. The number of aromatic nitrogens is 2. The molecule has 0 amide bonds. The molecule has 1 atom stereocenters. The van der Waals surface area contributed by atoms with Gasteiger partial charge in [0.2, 0.25) is 0 Å². The van der Waals surface area contributed by atoms with Crippen molar-refractivity contribution in [2.24, 2.45) is 12.0 Å². The second-order valence-electron chi connectivity index (χ2n) is 7.47. The minimum atomic E-state index is 0.0206. The minimum absolute atomic E-state index is 0.0206. The van der Waals surface area contributed by atoms with Gasteiger partial charge in [-0.25, -0.2) is 4.99 Å². The first kappa shape index (κ1) is 19.5. The van der Waals surface area contributed by atoms with E-state index < -0.39 is 0 Å². The van der Waals surface area contributed by atoms with Crippen molar-refractivity contribution in [1.82, 2.24) is 20.0 Å². The number of aliphatic imine (C=N–C) groups is 1. The third-order valence-corrected chi connectivity index (χ3v) is 5.30. The van der Waals surface area contributed by atoms with Crippen LogP contribution in [-0.4, -0.2) is 60.0 Å². The SMILES string of the molecule is CCNC(=NCc1cccc(N2CC=CC2)c1)N1CCOC(c2cnn(C)c2)C1. The van der Waals surface area contributed by atoms with Crippen LogP contribution >= 0.6 is 0 Å². The Labute approximate surface area is 172 Å². The van der Waals surface area contributed by atoms with E-state index in [9.17, 15) is 0 Å². The van der Waals surface area contributed by atoms with Gasteiger partial charge < -0.3 is 19.9 Å². The van der Waals surface area contributed by atoms with Gasteiger partial charge in [0.1, 0.15) is 6.10 Å². The fourth-order valence-electron chi connectivity index (χ4n) is 3.78. The zero-order valence-electron chi connectivity index (χ0n) is 17.3. The number of hydrogen-bond donors (Lipinski definition) is 1. The standard InChI is InChI=1S/C22H30N6O/c1-3-23-22(28-11-12-29-21(17-28)19-15-25-26(2)16-19)24-14-18-7-6-8-20(13-18)27-9-4-5-10-27/h4-8,13,15-16,21H,3,9-12,14,17H2,1-2H3,(H,23,24). The number of nitrogens with one attached hydrogen (secondary N) is 1. The van der Waals surface area contributed by atoms with E-state index in [1.54, 1.807) is 0 Å². The highest BCUT2D eigenvalue weighted by Crippen LogP contribution is 2.22. The Bertz CT molecular complexity index is 866. The van der Waals surface area contributed by atoms with Crippen LogP contribution in [-0.2, 0) is 18.3 Å². The van der Waals surface area contributed by atoms with Gasteiger partial charge in [-0.2, -0.15) is 5.10 Å². The van der Waals surface area contributed by atoms with Gasteiger partial charge in [-0.05, 0) is 24.6 Å². The summed E-state index contributed by atoms with van der Waals surface area (Å²) >= 11 is 0. The number of benzene rings is 1. The second kappa shape index (κ2) is 9.13. The Hall–Kier alpha value is -2.80. The van der Waals surface area contributed by atoms with Crippen LogP contribution in [0.4, 0.5) is 5.69 Å². The summed E-state index contributed by atoms with van der Waals surface area (Å²) < 4.78 is 7.80. The van der Waals surface area contributed by atoms with E-state index in [1.165, 1.54) is 11.3 Å². The monoisotopic (exact) mass is 394 g/mol. The van der Waals surface area contributed by atoms with Gasteiger partial charge in [-0.1, -0.05) is 24.3 Å². The average Bonchev–Trinajstić information content (AvgIpc) is 3.43. The van der Waals surface area contributed by atoms with Crippen LogP contribution in [0.1, 0.15) is 24.2 Å². The minimum Gasteiger partial charge on any atom is -0.370 e. The summed E-state index contributed by atoms with van der Waals surface area (Å²) in [5.41, 5.74) is 3.59. The number of nitrogens with zero attached hydrogens (tertiary/aromatic N) is 5. The lowest BCUT2D eigenvalue weighted by atomic mass is 10.1. The molecule has 7 heteroatoms. The molecule has 0 bridgehead atoms. The molecule has 7 nitrogen and oxygen atoms in total. The third kappa shape index (κ3) is 4.79. The van der Waals surface area contributed by atoms with E-state index in [4.69, 9.17) is 9.73 Å². The van der Waals surface area contributed by atoms with Gasteiger partial charge in [0, 0.05) is 50.7 Å². The van der Waals surface area contributed by atoms with Gasteiger partial charge in [0.05, 0.1) is 25.9 Å². The van der Waals surface area contributed by atoms with Crippen LogP contribution in [0.25, 0.3) is 0 Å². The molecule has 29 heavy (non-hydrogen) atoms. The molecule has 2 aromatic rings.